The zero-order chi connectivity index (χ0) is 15.4. The van der Waals surface area contributed by atoms with Gasteiger partial charge in [-0.1, -0.05) is 0 Å². The predicted octanol–water partition coefficient (Wildman–Crippen LogP) is 2.81. The van der Waals surface area contributed by atoms with Gasteiger partial charge in [0.1, 0.15) is 11.6 Å². The number of benzene rings is 1. The lowest BCUT2D eigenvalue weighted by Crippen LogP contribution is -2.03. The van der Waals surface area contributed by atoms with Crippen molar-refractivity contribution in [2.75, 3.05) is 19.5 Å². The number of nitrogens with zero attached hydrogens (tertiary/aromatic N) is 3. The summed E-state index contributed by atoms with van der Waals surface area (Å²) in [4.78, 5) is 8.59. The van der Waals surface area contributed by atoms with E-state index in [0.29, 0.717) is 34.6 Å². The second-order valence-electron chi connectivity index (χ2n) is 4.38. The monoisotopic (exact) mass is 284 g/mol. The molecular weight excluding hydrogens is 268 g/mol. The van der Waals surface area contributed by atoms with E-state index in [1.165, 1.54) is 7.11 Å². The molecule has 0 spiro atoms. The molecule has 108 valence electrons. The molecule has 2 aromatic rings. The van der Waals surface area contributed by atoms with Crippen molar-refractivity contribution in [1.82, 2.24) is 9.97 Å². The molecule has 21 heavy (non-hydrogen) atoms. The molecule has 0 aliphatic heterocycles. The summed E-state index contributed by atoms with van der Waals surface area (Å²) in [6.45, 7) is 3.67. The zero-order valence-corrected chi connectivity index (χ0v) is 12.4. The zero-order valence-electron chi connectivity index (χ0n) is 12.4. The van der Waals surface area contributed by atoms with Crippen LogP contribution in [0.3, 0.4) is 0 Å². The van der Waals surface area contributed by atoms with Crippen LogP contribution in [0.4, 0.5) is 5.82 Å². The number of hydrogen-bond donors (Lipinski definition) is 1. The van der Waals surface area contributed by atoms with Gasteiger partial charge in [-0.25, -0.2) is 4.98 Å². The van der Waals surface area contributed by atoms with E-state index in [-0.39, 0.29) is 0 Å². The highest BCUT2D eigenvalue weighted by Gasteiger charge is 2.13. The number of ether oxygens (including phenoxy) is 2. The van der Waals surface area contributed by atoms with E-state index < -0.39 is 0 Å². The Morgan fingerprint density at radius 2 is 1.95 bits per heavy atom. The fourth-order valence-corrected chi connectivity index (χ4v) is 1.87. The molecule has 0 amide bonds. The first kappa shape index (κ1) is 14.6. The van der Waals surface area contributed by atoms with E-state index in [0.717, 1.165) is 5.56 Å². The van der Waals surface area contributed by atoms with Crippen molar-refractivity contribution in [2.24, 2.45) is 0 Å². The Labute approximate surface area is 123 Å². The van der Waals surface area contributed by atoms with Crippen LogP contribution in [0.2, 0.25) is 0 Å². The SMILES string of the molecule is CNc1nc(C)nc(Oc2ccc(C#N)cc2OC)c1C. The van der Waals surface area contributed by atoms with Crippen molar-refractivity contribution in [1.29, 1.82) is 5.26 Å². The predicted molar refractivity (Wildman–Crippen MR) is 78.8 cm³/mol. The maximum atomic E-state index is 8.91. The number of anilines is 1. The maximum absolute atomic E-state index is 8.91. The highest BCUT2D eigenvalue weighted by molar-refractivity contribution is 5.52. The summed E-state index contributed by atoms with van der Waals surface area (Å²) in [6, 6.07) is 7.04. The van der Waals surface area contributed by atoms with Crippen molar-refractivity contribution in [2.45, 2.75) is 13.8 Å². The molecule has 0 aliphatic carbocycles. The number of rotatable bonds is 4. The number of nitrogens with one attached hydrogen (secondary N) is 1. The van der Waals surface area contributed by atoms with Crippen molar-refractivity contribution >= 4 is 5.82 Å². The number of aromatic nitrogens is 2. The van der Waals surface area contributed by atoms with E-state index >= 15 is 0 Å². The molecule has 1 aromatic heterocycles. The van der Waals surface area contributed by atoms with Crippen molar-refractivity contribution in [3.05, 3.63) is 35.2 Å². The van der Waals surface area contributed by atoms with Gasteiger partial charge in [-0.15, -0.1) is 0 Å². The number of aryl methyl sites for hydroxylation is 1. The van der Waals surface area contributed by atoms with Gasteiger partial charge >= 0.3 is 0 Å². The molecule has 1 aromatic carbocycles. The second kappa shape index (κ2) is 6.09. The van der Waals surface area contributed by atoms with Crippen LogP contribution >= 0.6 is 0 Å². The molecule has 0 radical (unpaired) electrons. The average molecular weight is 284 g/mol. The quantitative estimate of drug-likeness (QED) is 0.929. The molecule has 0 fully saturated rings. The van der Waals surface area contributed by atoms with E-state index in [4.69, 9.17) is 14.7 Å². The Morgan fingerprint density at radius 3 is 2.57 bits per heavy atom. The Balaban J connectivity index is 2.43. The largest absolute Gasteiger partial charge is 0.493 e. The van der Waals surface area contributed by atoms with Crippen LogP contribution in [-0.4, -0.2) is 24.1 Å². The minimum atomic E-state index is 0.454. The molecular formula is C15H16N4O2. The Morgan fingerprint density at radius 1 is 1.19 bits per heavy atom. The Kier molecular flexibility index (Phi) is 4.24. The van der Waals surface area contributed by atoms with Crippen LogP contribution in [0, 0.1) is 25.2 Å². The first-order valence-corrected chi connectivity index (χ1v) is 6.38. The molecule has 0 bridgehead atoms. The molecule has 1 heterocycles. The first-order valence-electron chi connectivity index (χ1n) is 6.38. The van der Waals surface area contributed by atoms with Gasteiger partial charge in [0.15, 0.2) is 11.5 Å². The highest BCUT2D eigenvalue weighted by atomic mass is 16.5. The smallest absolute Gasteiger partial charge is 0.227 e. The molecule has 0 unspecified atom stereocenters. The van der Waals surface area contributed by atoms with Crippen LogP contribution in [0.1, 0.15) is 17.0 Å². The molecule has 0 aliphatic rings. The van der Waals surface area contributed by atoms with Crippen molar-refractivity contribution in [3.8, 4) is 23.4 Å². The summed E-state index contributed by atoms with van der Waals surface area (Å²) in [6.07, 6.45) is 0. The molecule has 6 nitrogen and oxygen atoms in total. The second-order valence-corrected chi connectivity index (χ2v) is 4.38. The molecule has 2 rings (SSSR count). The van der Waals surface area contributed by atoms with Gasteiger partial charge in [0.25, 0.3) is 0 Å². The number of nitriles is 1. The summed E-state index contributed by atoms with van der Waals surface area (Å²) in [5.41, 5.74) is 1.31. The normalized spacial score (nSPS) is 9.86. The van der Waals surface area contributed by atoms with Gasteiger partial charge in [-0.3, -0.25) is 0 Å². The standard InChI is InChI=1S/C15H16N4O2/c1-9-14(17-3)18-10(2)19-15(9)21-12-6-5-11(8-16)7-13(12)20-4/h5-7H,1-4H3,(H,17,18,19). The third-order valence-corrected chi connectivity index (χ3v) is 2.95. The van der Waals surface area contributed by atoms with Crippen LogP contribution in [0.5, 0.6) is 17.4 Å². The minimum Gasteiger partial charge on any atom is -0.493 e. The van der Waals surface area contributed by atoms with Gasteiger partial charge in [-0.2, -0.15) is 10.2 Å². The van der Waals surface area contributed by atoms with Crippen LogP contribution in [0.25, 0.3) is 0 Å². The third kappa shape index (κ3) is 3.03. The minimum absolute atomic E-state index is 0.454. The summed E-state index contributed by atoms with van der Waals surface area (Å²) >= 11 is 0. The van der Waals surface area contributed by atoms with Crippen LogP contribution < -0.4 is 14.8 Å². The molecule has 6 heteroatoms. The third-order valence-electron chi connectivity index (χ3n) is 2.95. The molecule has 0 saturated heterocycles. The lowest BCUT2D eigenvalue weighted by molar-refractivity contribution is 0.372. The van der Waals surface area contributed by atoms with Gasteiger partial charge in [0, 0.05) is 13.1 Å². The highest BCUT2D eigenvalue weighted by Crippen LogP contribution is 2.34. The van der Waals surface area contributed by atoms with E-state index in [1.54, 1.807) is 32.2 Å². The Hall–Kier alpha value is -2.81. The first-order chi connectivity index (χ1) is 10.1. The number of hydrogen-bond acceptors (Lipinski definition) is 6. The summed E-state index contributed by atoms with van der Waals surface area (Å²) < 4.78 is 11.1. The molecule has 0 atom stereocenters. The van der Waals surface area contributed by atoms with E-state index in [9.17, 15) is 0 Å². The number of methoxy groups -OCH3 is 1. The van der Waals surface area contributed by atoms with E-state index in [2.05, 4.69) is 21.4 Å². The molecule has 1 N–H and O–H groups in total. The van der Waals surface area contributed by atoms with Gasteiger partial charge < -0.3 is 14.8 Å². The Bertz CT molecular complexity index is 708. The van der Waals surface area contributed by atoms with E-state index in [1.807, 2.05) is 6.92 Å². The van der Waals surface area contributed by atoms with Crippen LogP contribution in [-0.2, 0) is 0 Å². The summed E-state index contributed by atoms with van der Waals surface area (Å²) in [5, 5.41) is 11.9. The van der Waals surface area contributed by atoms with Gasteiger partial charge in [0.2, 0.25) is 5.88 Å². The lowest BCUT2D eigenvalue weighted by atomic mass is 10.2. The summed E-state index contributed by atoms with van der Waals surface area (Å²) in [7, 11) is 3.32. The topological polar surface area (TPSA) is 80.1 Å². The van der Waals surface area contributed by atoms with Crippen molar-refractivity contribution < 1.29 is 9.47 Å². The fourth-order valence-electron chi connectivity index (χ4n) is 1.87. The fraction of sp³-hybridized carbons (Fsp3) is 0.267. The molecule has 0 saturated carbocycles. The van der Waals surface area contributed by atoms with Gasteiger partial charge in [-0.05, 0) is 26.0 Å². The van der Waals surface area contributed by atoms with Crippen LogP contribution in [0.15, 0.2) is 18.2 Å². The van der Waals surface area contributed by atoms with Gasteiger partial charge in [0.05, 0.1) is 24.3 Å². The average Bonchev–Trinajstić information content (AvgIpc) is 2.50. The summed E-state index contributed by atoms with van der Waals surface area (Å²) in [5.74, 6) is 2.75. The maximum Gasteiger partial charge on any atom is 0.227 e. The lowest BCUT2D eigenvalue weighted by Gasteiger charge is -2.13. The van der Waals surface area contributed by atoms with Crippen molar-refractivity contribution in [3.63, 3.8) is 0 Å².